The minimum absolute atomic E-state index is 0.126. The lowest BCUT2D eigenvalue weighted by Crippen LogP contribution is -2.27. The van der Waals surface area contributed by atoms with Crippen molar-refractivity contribution in [1.29, 1.82) is 0 Å². The number of anilines is 1. The van der Waals surface area contributed by atoms with Crippen LogP contribution in [0, 0.1) is 0 Å². The molecule has 3 N–H and O–H groups in total. The van der Waals surface area contributed by atoms with E-state index in [2.05, 4.69) is 33.5 Å². The van der Waals surface area contributed by atoms with Crippen LogP contribution >= 0.6 is 0 Å². The van der Waals surface area contributed by atoms with Gasteiger partial charge in [-0.25, -0.2) is 0 Å². The predicted molar refractivity (Wildman–Crippen MR) is 117 cm³/mol. The van der Waals surface area contributed by atoms with Crippen molar-refractivity contribution < 1.29 is 4.79 Å². The Morgan fingerprint density at radius 1 is 1.00 bits per heavy atom. The van der Waals surface area contributed by atoms with Crippen molar-refractivity contribution in [2.75, 3.05) is 18.8 Å². The molecule has 3 aromatic rings. The summed E-state index contributed by atoms with van der Waals surface area (Å²) >= 11 is 0. The Morgan fingerprint density at radius 3 is 2.62 bits per heavy atom. The molecule has 2 heterocycles. The number of carbonyl (C=O) groups excluding carboxylic acids is 1. The molecule has 1 aliphatic rings. The molecule has 0 bridgehead atoms. The lowest BCUT2D eigenvalue weighted by molar-refractivity contribution is 0.0954. The Balaban J connectivity index is 1.48. The van der Waals surface area contributed by atoms with Crippen LogP contribution in [0.3, 0.4) is 0 Å². The van der Waals surface area contributed by atoms with Gasteiger partial charge in [0.15, 0.2) is 0 Å². The van der Waals surface area contributed by atoms with Crippen LogP contribution < -0.4 is 11.1 Å². The van der Waals surface area contributed by atoms with E-state index in [-0.39, 0.29) is 5.91 Å². The molecule has 1 amide bonds. The van der Waals surface area contributed by atoms with Crippen LogP contribution in [0.2, 0.25) is 0 Å². The minimum atomic E-state index is -0.126. The number of rotatable bonds is 6. The highest BCUT2D eigenvalue weighted by Crippen LogP contribution is 2.23. The smallest absolute Gasteiger partial charge is 0.251 e. The van der Waals surface area contributed by atoms with Gasteiger partial charge in [0.05, 0.1) is 23.6 Å². The number of amides is 1. The minimum Gasteiger partial charge on any atom is -0.397 e. The number of nitrogens with zero attached hydrogens (tertiary/aromatic N) is 2. The Bertz CT molecular complexity index is 1090. The van der Waals surface area contributed by atoms with Crippen molar-refractivity contribution in [2.24, 2.45) is 4.99 Å². The molecule has 5 nitrogen and oxygen atoms in total. The van der Waals surface area contributed by atoms with E-state index in [0.717, 1.165) is 28.1 Å². The first kappa shape index (κ1) is 18.6. The third kappa shape index (κ3) is 4.24. The predicted octanol–water partition coefficient (Wildman–Crippen LogP) is 3.52. The standard InChI is InChI=1S/C24H22N4O/c25-21-11-6-13-26-22(21)12-14-27-24(29)20-10-5-4-9-19(20)23-15-18(16-28-23)17-7-2-1-3-8-17/h1-11,13,15H,12,14,16,25H2,(H,27,29). The highest BCUT2D eigenvalue weighted by atomic mass is 16.1. The molecule has 0 unspecified atom stereocenters. The molecule has 0 saturated heterocycles. The summed E-state index contributed by atoms with van der Waals surface area (Å²) in [5.74, 6) is -0.126. The zero-order chi connectivity index (χ0) is 20.1. The fraction of sp³-hybridized carbons (Fsp3) is 0.125. The number of hydrogen-bond donors (Lipinski definition) is 2. The Kier molecular flexibility index (Phi) is 5.47. The second-order valence-electron chi connectivity index (χ2n) is 6.83. The fourth-order valence-electron chi connectivity index (χ4n) is 3.37. The van der Waals surface area contributed by atoms with E-state index < -0.39 is 0 Å². The summed E-state index contributed by atoms with van der Waals surface area (Å²) in [6, 6.07) is 21.4. The second-order valence-corrected chi connectivity index (χ2v) is 6.83. The quantitative estimate of drug-likeness (QED) is 0.684. The SMILES string of the molecule is Nc1cccnc1CCNC(=O)c1ccccc1C1=NCC(c2ccccc2)=C1. The van der Waals surface area contributed by atoms with E-state index in [4.69, 9.17) is 5.73 Å². The number of pyridine rings is 1. The summed E-state index contributed by atoms with van der Waals surface area (Å²) in [5.41, 5.74) is 11.9. The first-order valence-electron chi connectivity index (χ1n) is 9.60. The van der Waals surface area contributed by atoms with Gasteiger partial charge in [0.1, 0.15) is 0 Å². The average molecular weight is 382 g/mol. The van der Waals surface area contributed by atoms with Crippen LogP contribution in [0.5, 0.6) is 0 Å². The Morgan fingerprint density at radius 2 is 1.79 bits per heavy atom. The van der Waals surface area contributed by atoms with Crippen LogP contribution in [0.25, 0.3) is 5.57 Å². The number of aliphatic imine (C=N–C) groups is 1. The highest BCUT2D eigenvalue weighted by Gasteiger charge is 2.18. The first-order chi connectivity index (χ1) is 14.2. The average Bonchev–Trinajstić information content (AvgIpc) is 3.26. The van der Waals surface area contributed by atoms with Crippen LogP contribution in [-0.4, -0.2) is 29.7 Å². The van der Waals surface area contributed by atoms with E-state index in [0.29, 0.717) is 30.8 Å². The number of hydrogen-bond acceptors (Lipinski definition) is 4. The van der Waals surface area contributed by atoms with Gasteiger partial charge in [-0.15, -0.1) is 0 Å². The molecule has 1 aliphatic heterocycles. The van der Waals surface area contributed by atoms with Crippen molar-refractivity contribution in [1.82, 2.24) is 10.3 Å². The monoisotopic (exact) mass is 382 g/mol. The molecule has 0 atom stereocenters. The number of aromatic nitrogens is 1. The molecular weight excluding hydrogens is 360 g/mol. The molecule has 5 heteroatoms. The molecule has 2 aromatic carbocycles. The fourth-order valence-corrected chi connectivity index (χ4v) is 3.37. The van der Waals surface area contributed by atoms with Crippen molar-refractivity contribution in [2.45, 2.75) is 6.42 Å². The van der Waals surface area contributed by atoms with Gasteiger partial charge in [-0.05, 0) is 35.4 Å². The van der Waals surface area contributed by atoms with Gasteiger partial charge in [-0.2, -0.15) is 0 Å². The Labute approximate surface area is 170 Å². The lowest BCUT2D eigenvalue weighted by Gasteiger charge is -2.10. The van der Waals surface area contributed by atoms with E-state index in [9.17, 15) is 4.79 Å². The highest BCUT2D eigenvalue weighted by molar-refractivity contribution is 6.19. The third-order valence-corrected chi connectivity index (χ3v) is 4.90. The maximum absolute atomic E-state index is 12.8. The van der Waals surface area contributed by atoms with Gasteiger partial charge >= 0.3 is 0 Å². The summed E-state index contributed by atoms with van der Waals surface area (Å²) in [5, 5.41) is 2.97. The molecule has 0 aliphatic carbocycles. The Hall–Kier alpha value is -3.73. The normalized spacial score (nSPS) is 13.0. The zero-order valence-electron chi connectivity index (χ0n) is 16.0. The molecule has 0 saturated carbocycles. The number of nitrogen functional groups attached to an aromatic ring is 1. The molecule has 4 rings (SSSR count). The van der Waals surface area contributed by atoms with Crippen molar-refractivity contribution in [3.8, 4) is 0 Å². The first-order valence-corrected chi connectivity index (χ1v) is 9.60. The second kappa shape index (κ2) is 8.52. The van der Waals surface area contributed by atoms with Crippen LogP contribution in [0.15, 0.2) is 84.0 Å². The van der Waals surface area contributed by atoms with E-state index >= 15 is 0 Å². The maximum atomic E-state index is 12.8. The molecule has 0 fully saturated rings. The summed E-state index contributed by atoms with van der Waals surface area (Å²) in [6.07, 6.45) is 4.35. The van der Waals surface area contributed by atoms with Gasteiger partial charge < -0.3 is 11.1 Å². The van der Waals surface area contributed by atoms with Gasteiger partial charge in [0.25, 0.3) is 5.91 Å². The van der Waals surface area contributed by atoms with Crippen molar-refractivity contribution in [3.63, 3.8) is 0 Å². The number of allylic oxidation sites excluding steroid dienone is 1. The topological polar surface area (TPSA) is 80.4 Å². The van der Waals surface area contributed by atoms with Gasteiger partial charge in [0, 0.05) is 30.3 Å². The number of carbonyl (C=O) groups is 1. The van der Waals surface area contributed by atoms with Crippen LogP contribution in [0.4, 0.5) is 5.69 Å². The van der Waals surface area contributed by atoms with E-state index in [1.54, 1.807) is 12.3 Å². The van der Waals surface area contributed by atoms with Crippen LogP contribution in [0.1, 0.15) is 27.2 Å². The van der Waals surface area contributed by atoms with Gasteiger partial charge in [-0.3, -0.25) is 14.8 Å². The maximum Gasteiger partial charge on any atom is 0.251 e. The van der Waals surface area contributed by atoms with Gasteiger partial charge in [0.2, 0.25) is 0 Å². The van der Waals surface area contributed by atoms with E-state index in [1.165, 1.54) is 0 Å². The van der Waals surface area contributed by atoms with Crippen LogP contribution in [-0.2, 0) is 6.42 Å². The molecule has 0 radical (unpaired) electrons. The van der Waals surface area contributed by atoms with Gasteiger partial charge in [-0.1, -0.05) is 48.5 Å². The summed E-state index contributed by atoms with van der Waals surface area (Å²) in [4.78, 5) is 21.7. The molecule has 1 aromatic heterocycles. The van der Waals surface area contributed by atoms with Crippen molar-refractivity contribution >= 4 is 22.9 Å². The summed E-state index contributed by atoms with van der Waals surface area (Å²) in [6.45, 7) is 1.08. The van der Waals surface area contributed by atoms with E-state index in [1.807, 2.05) is 48.5 Å². The summed E-state index contributed by atoms with van der Waals surface area (Å²) in [7, 11) is 0. The number of benzene rings is 2. The number of nitrogens with two attached hydrogens (primary N) is 1. The third-order valence-electron chi connectivity index (χ3n) is 4.90. The zero-order valence-corrected chi connectivity index (χ0v) is 16.0. The molecule has 29 heavy (non-hydrogen) atoms. The molecule has 0 spiro atoms. The summed E-state index contributed by atoms with van der Waals surface area (Å²) < 4.78 is 0. The lowest BCUT2D eigenvalue weighted by atomic mass is 10.00. The number of nitrogens with one attached hydrogen (secondary N) is 1. The molecular formula is C24H22N4O. The van der Waals surface area contributed by atoms with Crippen molar-refractivity contribution in [3.05, 3.63) is 101 Å². The molecule has 144 valence electrons. The largest absolute Gasteiger partial charge is 0.397 e.